The van der Waals surface area contributed by atoms with Crippen molar-refractivity contribution in [1.82, 2.24) is 0 Å². The molecule has 7 N–H and O–H groups in total. The van der Waals surface area contributed by atoms with Gasteiger partial charge in [-0.25, -0.2) is 0 Å². The lowest BCUT2D eigenvalue weighted by atomic mass is 10.9. The van der Waals surface area contributed by atoms with E-state index in [1.165, 1.54) is 0 Å². The summed E-state index contributed by atoms with van der Waals surface area (Å²) in [5, 5.41) is 0. The molecule has 15 heteroatoms. The van der Waals surface area contributed by atoms with Gasteiger partial charge in [0, 0.05) is 46.0 Å². The summed E-state index contributed by atoms with van der Waals surface area (Å²) < 4.78 is 21.6. The SMILES string of the molecule is C.C.CCO[Si](C)(O)O[Si](C)(OCC)OCC.C[Si](O)(O)O.C[Si](O)(O)O. The average molecular weight is 475 g/mol. The minimum atomic E-state index is -3.61. The van der Waals surface area contributed by atoms with Crippen molar-refractivity contribution in [2.75, 3.05) is 19.8 Å². The van der Waals surface area contributed by atoms with Gasteiger partial charge in [-0.1, -0.05) is 14.9 Å². The Balaban J connectivity index is -0.000000112. The quantitative estimate of drug-likeness (QED) is 0.227. The van der Waals surface area contributed by atoms with Crippen LogP contribution in [0, 0.1) is 0 Å². The molecule has 0 aromatic rings. The molecule has 27 heavy (non-hydrogen) atoms. The normalized spacial score (nSPS) is 13.6. The summed E-state index contributed by atoms with van der Waals surface area (Å²) in [5.41, 5.74) is 0. The van der Waals surface area contributed by atoms with Crippen molar-refractivity contribution in [2.45, 2.75) is 61.8 Å². The van der Waals surface area contributed by atoms with Crippen molar-refractivity contribution in [3.63, 3.8) is 0 Å². The van der Waals surface area contributed by atoms with Gasteiger partial charge in [0.15, 0.2) is 0 Å². The van der Waals surface area contributed by atoms with Gasteiger partial charge in [-0.3, -0.25) is 0 Å². The van der Waals surface area contributed by atoms with E-state index < -0.39 is 35.2 Å². The number of hydrogen-bond acceptors (Lipinski definition) is 11. The molecule has 0 bridgehead atoms. The summed E-state index contributed by atoms with van der Waals surface area (Å²) in [4.78, 5) is 56.5. The molecule has 0 aromatic heterocycles. The fourth-order valence-corrected chi connectivity index (χ4v) is 6.39. The highest BCUT2D eigenvalue weighted by atomic mass is 28.5. The molecule has 0 heterocycles. The van der Waals surface area contributed by atoms with Crippen LogP contribution in [-0.2, 0) is 17.4 Å². The second-order valence-corrected chi connectivity index (χ2v) is 14.2. The Morgan fingerprint density at radius 1 is 0.556 bits per heavy atom. The van der Waals surface area contributed by atoms with Gasteiger partial charge in [-0.15, -0.1) is 0 Å². The zero-order valence-corrected chi connectivity index (χ0v) is 19.9. The third-order valence-corrected chi connectivity index (χ3v) is 7.05. The van der Waals surface area contributed by atoms with Crippen molar-refractivity contribution in [3.8, 4) is 0 Å². The summed E-state index contributed by atoms with van der Waals surface area (Å²) in [7, 11) is -13.1. The molecule has 0 fully saturated rings. The van der Waals surface area contributed by atoms with E-state index in [1.54, 1.807) is 13.1 Å². The third kappa shape index (κ3) is 46.4. The number of rotatable bonds is 8. The maximum atomic E-state index is 9.87. The van der Waals surface area contributed by atoms with E-state index in [9.17, 15) is 4.80 Å². The molecule has 0 spiro atoms. The minimum absolute atomic E-state index is 0. The second-order valence-electron chi connectivity index (χ2n) is 5.10. The molecule has 0 aromatic carbocycles. The van der Waals surface area contributed by atoms with Crippen LogP contribution >= 0.6 is 0 Å². The minimum Gasteiger partial charge on any atom is -0.390 e. The van der Waals surface area contributed by atoms with Gasteiger partial charge >= 0.3 is 35.2 Å². The third-order valence-electron chi connectivity index (χ3n) is 1.60. The highest BCUT2D eigenvalue weighted by Crippen LogP contribution is 2.16. The van der Waals surface area contributed by atoms with Gasteiger partial charge in [-0.05, 0) is 20.8 Å². The van der Waals surface area contributed by atoms with Crippen LogP contribution in [0.25, 0.3) is 0 Å². The summed E-state index contributed by atoms with van der Waals surface area (Å²) in [6.07, 6.45) is 0. The largest absolute Gasteiger partial charge is 0.490 e. The topological polar surface area (TPSA) is 179 Å². The van der Waals surface area contributed by atoms with Gasteiger partial charge in [-0.2, -0.15) is 0 Å². The molecule has 0 radical (unpaired) electrons. The van der Waals surface area contributed by atoms with Crippen LogP contribution in [0.2, 0.25) is 26.2 Å². The van der Waals surface area contributed by atoms with Crippen LogP contribution in [0.5, 0.6) is 0 Å². The molecule has 11 nitrogen and oxygen atoms in total. The van der Waals surface area contributed by atoms with Gasteiger partial charge in [0.2, 0.25) is 0 Å². The Labute approximate surface area is 168 Å². The monoisotopic (exact) mass is 474 g/mol. The Morgan fingerprint density at radius 2 is 0.778 bits per heavy atom. The smallest absolute Gasteiger partial charge is 0.390 e. The van der Waals surface area contributed by atoms with Gasteiger partial charge in [0.1, 0.15) is 0 Å². The Hall–Kier alpha value is 0.428. The summed E-state index contributed by atoms with van der Waals surface area (Å²) in [6.45, 7) is 12.3. The van der Waals surface area contributed by atoms with E-state index >= 15 is 0 Å². The van der Waals surface area contributed by atoms with E-state index in [-0.39, 0.29) is 14.9 Å². The molecule has 0 saturated carbocycles. The van der Waals surface area contributed by atoms with E-state index in [4.69, 9.17) is 46.2 Å². The lowest BCUT2D eigenvalue weighted by Gasteiger charge is -2.31. The van der Waals surface area contributed by atoms with Gasteiger partial charge in [0.05, 0.1) is 0 Å². The summed E-state index contributed by atoms with van der Waals surface area (Å²) >= 11 is 0. The average Bonchev–Trinajstić information content (AvgIpc) is 2.22. The van der Waals surface area contributed by atoms with E-state index in [2.05, 4.69) is 0 Å². The number of hydrogen-bond donors (Lipinski definition) is 7. The van der Waals surface area contributed by atoms with Crippen LogP contribution in [0.3, 0.4) is 0 Å². The van der Waals surface area contributed by atoms with E-state index in [0.29, 0.717) is 19.8 Å². The predicted molar refractivity (Wildman–Crippen MR) is 111 cm³/mol. The molecule has 0 rings (SSSR count). The standard InChI is InChI=1S/C8H22O5Si2.2CH6O3Si.2CH4/c1-6-10-14(4,9)13-15(5,11-7-2)12-8-3;2*1-5(2,3)4;;/h9H,6-8H2,1-5H3;2*2-4H,1H3;2*1H4. The molecule has 1 unspecified atom stereocenters. The van der Waals surface area contributed by atoms with Crippen molar-refractivity contribution < 1.29 is 51.0 Å². The van der Waals surface area contributed by atoms with Gasteiger partial charge in [0.25, 0.3) is 0 Å². The highest BCUT2D eigenvalue weighted by Gasteiger charge is 2.45. The summed E-state index contributed by atoms with van der Waals surface area (Å²) in [5.74, 6) is 0. The molecular formula is C12H42O11Si4. The Morgan fingerprint density at radius 3 is 0.963 bits per heavy atom. The molecule has 0 aliphatic heterocycles. The second kappa shape index (κ2) is 17.3. The zero-order valence-electron chi connectivity index (χ0n) is 15.9. The molecule has 1 atom stereocenters. The first-order valence-corrected chi connectivity index (χ1v) is 16.7. The Bertz CT molecular complexity index is 291. The van der Waals surface area contributed by atoms with Crippen LogP contribution in [0.4, 0.5) is 0 Å². The molecule has 172 valence electrons. The Kier molecular flexibility index (Phi) is 24.4. The first-order valence-electron chi connectivity index (χ1n) is 7.57. The van der Waals surface area contributed by atoms with Crippen LogP contribution in [-0.4, -0.2) is 88.6 Å². The van der Waals surface area contributed by atoms with Crippen molar-refractivity contribution in [2.24, 2.45) is 0 Å². The molecule has 0 saturated heterocycles. The van der Waals surface area contributed by atoms with Crippen LogP contribution in [0.1, 0.15) is 35.6 Å². The van der Waals surface area contributed by atoms with E-state index in [0.717, 1.165) is 13.1 Å². The molecule has 0 aliphatic rings. The van der Waals surface area contributed by atoms with Crippen LogP contribution < -0.4 is 0 Å². The molecule has 0 aliphatic carbocycles. The maximum absolute atomic E-state index is 9.87. The predicted octanol–water partition coefficient (Wildman–Crippen LogP) is -0.422. The first-order chi connectivity index (χ1) is 10.9. The molecular weight excluding hydrogens is 432 g/mol. The van der Waals surface area contributed by atoms with E-state index in [1.807, 2.05) is 20.8 Å². The lowest BCUT2D eigenvalue weighted by molar-refractivity contribution is 0.0763. The van der Waals surface area contributed by atoms with Crippen LogP contribution in [0.15, 0.2) is 0 Å². The molecule has 0 amide bonds. The first kappa shape index (κ1) is 38.1. The fraction of sp³-hybridized carbons (Fsp3) is 1.00. The van der Waals surface area contributed by atoms with Crippen molar-refractivity contribution in [1.29, 1.82) is 0 Å². The van der Waals surface area contributed by atoms with Gasteiger partial charge < -0.3 is 51.0 Å². The summed E-state index contributed by atoms with van der Waals surface area (Å²) in [6, 6.07) is 0. The highest BCUT2D eigenvalue weighted by molar-refractivity contribution is 6.72. The fourth-order valence-electron chi connectivity index (χ4n) is 1.27. The zero-order chi connectivity index (χ0) is 20.9. The lowest BCUT2D eigenvalue weighted by Crippen LogP contribution is -2.54. The van der Waals surface area contributed by atoms with Crippen molar-refractivity contribution in [3.05, 3.63) is 0 Å². The van der Waals surface area contributed by atoms with Crippen molar-refractivity contribution >= 4 is 35.2 Å². The maximum Gasteiger partial charge on any atom is 0.490 e.